The first-order valence-corrected chi connectivity index (χ1v) is 10.4. The summed E-state index contributed by atoms with van der Waals surface area (Å²) in [5.74, 6) is 0.874. The van der Waals surface area contributed by atoms with Gasteiger partial charge in [0.15, 0.2) is 0 Å². The average Bonchev–Trinajstić information content (AvgIpc) is 3.25. The Labute approximate surface area is 190 Å². The molecule has 1 fully saturated rings. The molecule has 3 amide bonds. The Hall–Kier alpha value is -4.33. The van der Waals surface area contributed by atoms with Crippen molar-refractivity contribution in [2.75, 3.05) is 23.9 Å². The van der Waals surface area contributed by atoms with E-state index in [9.17, 15) is 14.4 Å². The Morgan fingerprint density at radius 1 is 0.939 bits per heavy atom. The number of nitrogens with two attached hydrogens (primary N) is 1. The smallest absolute Gasteiger partial charge is 0.255 e. The van der Waals surface area contributed by atoms with Crippen molar-refractivity contribution in [3.63, 3.8) is 0 Å². The molecule has 8 nitrogen and oxygen atoms in total. The number of ether oxygens (including phenoxy) is 2. The van der Waals surface area contributed by atoms with Gasteiger partial charge < -0.3 is 25.4 Å². The van der Waals surface area contributed by atoms with Crippen LogP contribution in [0, 0.1) is 0 Å². The van der Waals surface area contributed by atoms with E-state index in [1.165, 1.54) is 7.11 Å². The summed E-state index contributed by atoms with van der Waals surface area (Å²) in [5, 5.41) is 2.84. The van der Waals surface area contributed by atoms with Crippen molar-refractivity contribution in [2.45, 2.75) is 12.8 Å². The minimum absolute atomic E-state index is 0.0659. The fourth-order valence-corrected chi connectivity index (χ4v) is 3.58. The second-order valence-electron chi connectivity index (χ2n) is 7.50. The molecule has 168 valence electrons. The zero-order valence-electron chi connectivity index (χ0n) is 18.0. The average molecular weight is 445 g/mol. The summed E-state index contributed by atoms with van der Waals surface area (Å²) in [6.45, 7) is 0.657. The van der Waals surface area contributed by atoms with Crippen LogP contribution >= 0.6 is 0 Å². The molecular formula is C25H23N3O5. The number of anilines is 2. The van der Waals surface area contributed by atoms with Gasteiger partial charge in [0.2, 0.25) is 11.8 Å². The largest absolute Gasteiger partial charge is 0.494 e. The number of nitrogens with one attached hydrogen (secondary N) is 1. The summed E-state index contributed by atoms with van der Waals surface area (Å²) < 4.78 is 11.2. The summed E-state index contributed by atoms with van der Waals surface area (Å²) in [5.41, 5.74) is 7.33. The topological polar surface area (TPSA) is 111 Å². The van der Waals surface area contributed by atoms with Crippen LogP contribution in [0.5, 0.6) is 17.2 Å². The minimum Gasteiger partial charge on any atom is -0.494 e. The molecule has 33 heavy (non-hydrogen) atoms. The highest BCUT2D eigenvalue weighted by atomic mass is 16.5. The molecule has 8 heteroatoms. The molecule has 0 aromatic heterocycles. The van der Waals surface area contributed by atoms with Gasteiger partial charge in [0.1, 0.15) is 17.2 Å². The van der Waals surface area contributed by atoms with Crippen molar-refractivity contribution < 1.29 is 23.9 Å². The highest BCUT2D eigenvalue weighted by Gasteiger charge is 2.24. The molecular weight excluding hydrogens is 422 g/mol. The minimum atomic E-state index is -0.506. The van der Waals surface area contributed by atoms with Crippen LogP contribution in [0.2, 0.25) is 0 Å². The number of benzene rings is 3. The van der Waals surface area contributed by atoms with Gasteiger partial charge in [-0.1, -0.05) is 0 Å². The third kappa shape index (κ3) is 4.95. The molecule has 0 aliphatic carbocycles. The van der Waals surface area contributed by atoms with Crippen molar-refractivity contribution in [3.05, 3.63) is 77.9 Å². The zero-order valence-corrected chi connectivity index (χ0v) is 18.0. The number of nitrogens with zero attached hydrogens (tertiary/aromatic N) is 1. The molecule has 0 spiro atoms. The van der Waals surface area contributed by atoms with E-state index in [2.05, 4.69) is 5.32 Å². The standard InChI is InChI=1S/C25H23N3O5/c1-32-22-15-18(8-13-21(22)28-14-2-3-23(28)29)27-25(31)17-6-11-20(12-7-17)33-19-9-4-16(5-10-19)24(26)30/h4-13,15H,2-3,14H2,1H3,(H2,26,30)(H,27,31). The fraction of sp³-hybridized carbons (Fsp3) is 0.160. The normalized spacial score (nSPS) is 13.0. The number of carbonyl (C=O) groups is 3. The predicted octanol–water partition coefficient (Wildman–Crippen LogP) is 3.97. The molecule has 1 aliphatic rings. The number of hydrogen-bond acceptors (Lipinski definition) is 5. The van der Waals surface area contributed by atoms with Gasteiger partial charge in [-0.3, -0.25) is 14.4 Å². The van der Waals surface area contributed by atoms with Crippen LogP contribution in [-0.4, -0.2) is 31.4 Å². The van der Waals surface area contributed by atoms with Gasteiger partial charge in [0, 0.05) is 35.8 Å². The van der Waals surface area contributed by atoms with Gasteiger partial charge in [-0.2, -0.15) is 0 Å². The van der Waals surface area contributed by atoms with E-state index in [4.69, 9.17) is 15.2 Å². The molecule has 1 heterocycles. The Bertz CT molecular complexity index is 1190. The monoisotopic (exact) mass is 445 g/mol. The molecule has 3 N–H and O–H groups in total. The lowest BCUT2D eigenvalue weighted by Crippen LogP contribution is -2.24. The van der Waals surface area contributed by atoms with Crippen LogP contribution in [0.15, 0.2) is 66.7 Å². The molecule has 0 saturated carbocycles. The first-order chi connectivity index (χ1) is 15.9. The second kappa shape index (κ2) is 9.44. The van der Waals surface area contributed by atoms with Crippen molar-refractivity contribution >= 4 is 29.1 Å². The van der Waals surface area contributed by atoms with E-state index in [1.54, 1.807) is 71.6 Å². The van der Waals surface area contributed by atoms with Gasteiger partial charge in [0.05, 0.1) is 12.8 Å². The van der Waals surface area contributed by atoms with Crippen molar-refractivity contribution in [3.8, 4) is 17.2 Å². The summed E-state index contributed by atoms with van der Waals surface area (Å²) >= 11 is 0. The van der Waals surface area contributed by atoms with E-state index in [1.807, 2.05) is 0 Å². The summed E-state index contributed by atoms with van der Waals surface area (Å²) in [7, 11) is 1.53. The van der Waals surface area contributed by atoms with E-state index >= 15 is 0 Å². The molecule has 3 aromatic carbocycles. The highest BCUT2D eigenvalue weighted by Crippen LogP contribution is 2.34. The maximum absolute atomic E-state index is 12.7. The molecule has 4 rings (SSSR count). The van der Waals surface area contributed by atoms with Gasteiger partial charge >= 0.3 is 0 Å². The molecule has 0 atom stereocenters. The molecule has 0 unspecified atom stereocenters. The molecule has 0 bridgehead atoms. The van der Waals surface area contributed by atoms with E-state index < -0.39 is 5.91 Å². The van der Waals surface area contributed by atoms with Crippen LogP contribution in [-0.2, 0) is 4.79 Å². The number of primary amides is 1. The maximum Gasteiger partial charge on any atom is 0.255 e. The molecule has 1 aliphatic heterocycles. The Balaban J connectivity index is 1.42. The molecule has 3 aromatic rings. The van der Waals surface area contributed by atoms with Crippen LogP contribution < -0.4 is 25.4 Å². The van der Waals surface area contributed by atoms with Crippen LogP contribution in [0.25, 0.3) is 0 Å². The third-order valence-electron chi connectivity index (χ3n) is 5.29. The number of amides is 3. The van der Waals surface area contributed by atoms with Crippen molar-refractivity contribution in [1.29, 1.82) is 0 Å². The van der Waals surface area contributed by atoms with Gasteiger partial charge in [-0.05, 0) is 67.1 Å². The van der Waals surface area contributed by atoms with Crippen LogP contribution in [0.4, 0.5) is 11.4 Å². The van der Waals surface area contributed by atoms with Gasteiger partial charge in [0.25, 0.3) is 5.91 Å². The Morgan fingerprint density at radius 3 is 2.12 bits per heavy atom. The lowest BCUT2D eigenvalue weighted by atomic mass is 10.2. The Kier molecular flexibility index (Phi) is 6.26. The first-order valence-electron chi connectivity index (χ1n) is 10.4. The van der Waals surface area contributed by atoms with Crippen molar-refractivity contribution in [2.24, 2.45) is 5.73 Å². The van der Waals surface area contributed by atoms with E-state index in [-0.39, 0.29) is 11.8 Å². The van der Waals surface area contributed by atoms with Crippen LogP contribution in [0.3, 0.4) is 0 Å². The van der Waals surface area contributed by atoms with E-state index in [0.29, 0.717) is 52.7 Å². The number of hydrogen-bond donors (Lipinski definition) is 2. The highest BCUT2D eigenvalue weighted by molar-refractivity contribution is 6.05. The quantitative estimate of drug-likeness (QED) is 0.572. The number of methoxy groups -OCH3 is 1. The second-order valence-corrected chi connectivity index (χ2v) is 7.50. The summed E-state index contributed by atoms with van der Waals surface area (Å²) in [6, 6.07) is 18.3. The van der Waals surface area contributed by atoms with E-state index in [0.717, 1.165) is 6.42 Å². The van der Waals surface area contributed by atoms with Gasteiger partial charge in [-0.25, -0.2) is 0 Å². The van der Waals surface area contributed by atoms with Gasteiger partial charge in [-0.15, -0.1) is 0 Å². The summed E-state index contributed by atoms with van der Waals surface area (Å²) in [6.07, 6.45) is 1.35. The summed E-state index contributed by atoms with van der Waals surface area (Å²) in [4.78, 5) is 37.6. The molecule has 0 radical (unpaired) electrons. The number of carbonyl (C=O) groups excluding carboxylic acids is 3. The Morgan fingerprint density at radius 2 is 1.58 bits per heavy atom. The first kappa shape index (κ1) is 21.9. The number of rotatable bonds is 7. The lowest BCUT2D eigenvalue weighted by Gasteiger charge is -2.19. The van der Waals surface area contributed by atoms with Crippen molar-refractivity contribution in [1.82, 2.24) is 0 Å². The fourth-order valence-electron chi connectivity index (χ4n) is 3.58. The zero-order chi connectivity index (χ0) is 23.4. The SMILES string of the molecule is COc1cc(NC(=O)c2ccc(Oc3ccc(C(N)=O)cc3)cc2)ccc1N1CCCC1=O. The lowest BCUT2D eigenvalue weighted by molar-refractivity contribution is -0.117. The van der Waals surface area contributed by atoms with Crippen LogP contribution in [0.1, 0.15) is 33.6 Å². The third-order valence-corrected chi connectivity index (χ3v) is 5.29. The maximum atomic E-state index is 12.7. The molecule has 1 saturated heterocycles. The predicted molar refractivity (Wildman–Crippen MR) is 124 cm³/mol.